The quantitative estimate of drug-likeness (QED) is 0.657. The highest BCUT2D eigenvalue weighted by atomic mass is 16.2. The lowest BCUT2D eigenvalue weighted by Crippen LogP contribution is -2.68. The Morgan fingerprint density at radius 3 is 3.00 bits per heavy atom. The predicted octanol–water partition coefficient (Wildman–Crippen LogP) is -0.632. The first-order valence-corrected chi connectivity index (χ1v) is 4.58. The fraction of sp³-hybridized carbons (Fsp3) is 0.625. The van der Waals surface area contributed by atoms with Crippen LogP contribution in [0.5, 0.6) is 0 Å². The van der Waals surface area contributed by atoms with Crippen LogP contribution in [-0.2, 0) is 0 Å². The topological polar surface area (TPSA) is 87.9 Å². The number of rotatable bonds is 2. The number of nitrogens with one attached hydrogen (secondary N) is 1. The average Bonchev–Trinajstić information content (AvgIpc) is 2.64. The minimum absolute atomic E-state index is 0.103. The molecule has 0 bridgehead atoms. The standard InChI is InChI=1S/C8H13N5O/c1-2-8(9)4-13(5-8)7(14)6-3-10-12-11-6/h3H,2,4-5,9H2,1H3,(H,10,11,12). The first-order valence-electron chi connectivity index (χ1n) is 4.58. The van der Waals surface area contributed by atoms with Crippen LogP contribution in [0.3, 0.4) is 0 Å². The summed E-state index contributed by atoms with van der Waals surface area (Å²) in [6.07, 6.45) is 2.31. The van der Waals surface area contributed by atoms with E-state index in [1.54, 1.807) is 4.90 Å². The number of likely N-dealkylation sites (tertiary alicyclic amines) is 1. The minimum Gasteiger partial charge on any atom is -0.333 e. The Balaban J connectivity index is 1.98. The molecule has 3 N–H and O–H groups in total. The van der Waals surface area contributed by atoms with E-state index in [1.807, 2.05) is 6.92 Å². The summed E-state index contributed by atoms with van der Waals surface area (Å²) in [5, 5.41) is 9.72. The normalized spacial score (nSPS) is 19.1. The highest BCUT2D eigenvalue weighted by Gasteiger charge is 2.41. The molecule has 76 valence electrons. The molecule has 1 saturated heterocycles. The molecule has 0 atom stereocenters. The van der Waals surface area contributed by atoms with E-state index in [0.717, 1.165) is 6.42 Å². The SMILES string of the molecule is CCC1(N)CN(C(=O)c2cn[nH]n2)C1. The van der Waals surface area contributed by atoms with Crippen LogP contribution in [0.1, 0.15) is 23.8 Å². The molecule has 0 unspecified atom stereocenters. The van der Waals surface area contributed by atoms with Crippen LogP contribution >= 0.6 is 0 Å². The molecule has 14 heavy (non-hydrogen) atoms. The highest BCUT2D eigenvalue weighted by Crippen LogP contribution is 2.22. The van der Waals surface area contributed by atoms with Gasteiger partial charge < -0.3 is 10.6 Å². The summed E-state index contributed by atoms with van der Waals surface area (Å²) in [4.78, 5) is 13.3. The molecular formula is C8H13N5O. The maximum Gasteiger partial charge on any atom is 0.276 e. The van der Waals surface area contributed by atoms with Gasteiger partial charge in [-0.05, 0) is 6.42 Å². The van der Waals surface area contributed by atoms with E-state index in [2.05, 4.69) is 15.4 Å². The summed E-state index contributed by atoms with van der Waals surface area (Å²) in [6.45, 7) is 3.24. The van der Waals surface area contributed by atoms with Crippen LogP contribution in [0.4, 0.5) is 0 Å². The molecule has 1 aliphatic heterocycles. The summed E-state index contributed by atoms with van der Waals surface area (Å²) in [5.74, 6) is -0.103. The number of nitrogens with zero attached hydrogens (tertiary/aromatic N) is 3. The van der Waals surface area contributed by atoms with E-state index >= 15 is 0 Å². The third-order valence-electron chi connectivity index (χ3n) is 2.64. The second-order valence-corrected chi connectivity index (χ2v) is 3.73. The second-order valence-electron chi connectivity index (χ2n) is 3.73. The molecule has 6 nitrogen and oxygen atoms in total. The molecule has 1 amide bonds. The third kappa shape index (κ3) is 1.37. The number of hydrogen-bond acceptors (Lipinski definition) is 4. The number of carbonyl (C=O) groups is 1. The largest absolute Gasteiger partial charge is 0.333 e. The van der Waals surface area contributed by atoms with Crippen LogP contribution in [-0.4, -0.2) is 44.8 Å². The third-order valence-corrected chi connectivity index (χ3v) is 2.64. The molecule has 0 aliphatic carbocycles. The van der Waals surface area contributed by atoms with E-state index in [-0.39, 0.29) is 11.4 Å². The number of hydrogen-bond donors (Lipinski definition) is 2. The Hall–Kier alpha value is -1.43. The van der Waals surface area contributed by atoms with Gasteiger partial charge in [0.2, 0.25) is 0 Å². The smallest absolute Gasteiger partial charge is 0.276 e. The molecule has 1 aromatic heterocycles. The second kappa shape index (κ2) is 3.06. The van der Waals surface area contributed by atoms with Crippen molar-refractivity contribution in [2.45, 2.75) is 18.9 Å². The van der Waals surface area contributed by atoms with Gasteiger partial charge in [0.1, 0.15) is 0 Å². The molecule has 0 aromatic carbocycles. The van der Waals surface area contributed by atoms with Crippen molar-refractivity contribution in [1.29, 1.82) is 0 Å². The van der Waals surface area contributed by atoms with E-state index in [0.29, 0.717) is 18.8 Å². The van der Waals surface area contributed by atoms with Crippen molar-refractivity contribution < 1.29 is 4.79 Å². The van der Waals surface area contributed by atoms with Gasteiger partial charge >= 0.3 is 0 Å². The molecule has 0 radical (unpaired) electrons. The minimum atomic E-state index is -0.195. The number of aromatic amines is 1. The molecule has 1 fully saturated rings. The molecule has 1 aliphatic rings. The fourth-order valence-corrected chi connectivity index (χ4v) is 1.55. The lowest BCUT2D eigenvalue weighted by molar-refractivity contribution is 0.0395. The molecule has 0 spiro atoms. The summed E-state index contributed by atoms with van der Waals surface area (Å²) >= 11 is 0. The maximum absolute atomic E-state index is 11.6. The van der Waals surface area contributed by atoms with E-state index < -0.39 is 0 Å². The Morgan fingerprint density at radius 1 is 1.79 bits per heavy atom. The van der Waals surface area contributed by atoms with Gasteiger partial charge in [0, 0.05) is 13.1 Å². The maximum atomic E-state index is 11.6. The average molecular weight is 195 g/mol. The van der Waals surface area contributed by atoms with Crippen molar-refractivity contribution in [2.75, 3.05) is 13.1 Å². The van der Waals surface area contributed by atoms with Gasteiger partial charge in [-0.3, -0.25) is 4.79 Å². The summed E-state index contributed by atoms with van der Waals surface area (Å²) < 4.78 is 0. The summed E-state index contributed by atoms with van der Waals surface area (Å²) in [6, 6.07) is 0. The number of nitrogens with two attached hydrogens (primary N) is 1. The lowest BCUT2D eigenvalue weighted by atomic mass is 9.88. The van der Waals surface area contributed by atoms with Crippen molar-refractivity contribution in [3.05, 3.63) is 11.9 Å². The number of amides is 1. The molecule has 1 aromatic rings. The van der Waals surface area contributed by atoms with Gasteiger partial charge in [-0.15, -0.1) is 0 Å². The van der Waals surface area contributed by atoms with Crippen molar-refractivity contribution >= 4 is 5.91 Å². The molecule has 0 saturated carbocycles. The Bertz CT molecular complexity index is 328. The Labute approximate surface area is 81.5 Å². The summed E-state index contributed by atoms with van der Waals surface area (Å²) in [5.41, 5.74) is 6.10. The van der Waals surface area contributed by atoms with Crippen LogP contribution in [0.2, 0.25) is 0 Å². The number of H-pyrrole nitrogens is 1. The van der Waals surface area contributed by atoms with Crippen LogP contribution in [0.25, 0.3) is 0 Å². The zero-order chi connectivity index (χ0) is 10.2. The van der Waals surface area contributed by atoms with Crippen LogP contribution in [0, 0.1) is 0 Å². The fourth-order valence-electron chi connectivity index (χ4n) is 1.55. The molecule has 6 heteroatoms. The Kier molecular flexibility index (Phi) is 1.99. The van der Waals surface area contributed by atoms with Crippen LogP contribution in [0.15, 0.2) is 6.20 Å². The van der Waals surface area contributed by atoms with Crippen LogP contribution < -0.4 is 5.73 Å². The van der Waals surface area contributed by atoms with E-state index in [4.69, 9.17) is 5.73 Å². The van der Waals surface area contributed by atoms with E-state index in [1.165, 1.54) is 6.20 Å². The summed E-state index contributed by atoms with van der Waals surface area (Å²) in [7, 11) is 0. The molecule has 2 heterocycles. The van der Waals surface area contributed by atoms with Crippen molar-refractivity contribution in [1.82, 2.24) is 20.3 Å². The lowest BCUT2D eigenvalue weighted by Gasteiger charge is -2.46. The number of carbonyl (C=O) groups excluding carboxylic acids is 1. The first kappa shape index (κ1) is 9.14. The monoisotopic (exact) mass is 195 g/mol. The van der Waals surface area contributed by atoms with Gasteiger partial charge in [0.05, 0.1) is 11.7 Å². The van der Waals surface area contributed by atoms with Gasteiger partial charge in [-0.1, -0.05) is 6.92 Å². The van der Waals surface area contributed by atoms with Gasteiger partial charge in [0.15, 0.2) is 5.69 Å². The van der Waals surface area contributed by atoms with E-state index in [9.17, 15) is 4.79 Å². The predicted molar refractivity (Wildman–Crippen MR) is 49.5 cm³/mol. The molecular weight excluding hydrogens is 182 g/mol. The highest BCUT2D eigenvalue weighted by molar-refractivity contribution is 5.92. The van der Waals surface area contributed by atoms with Gasteiger partial charge in [-0.2, -0.15) is 15.4 Å². The first-order chi connectivity index (χ1) is 6.64. The zero-order valence-electron chi connectivity index (χ0n) is 8.03. The van der Waals surface area contributed by atoms with Gasteiger partial charge in [0.25, 0.3) is 5.91 Å². The van der Waals surface area contributed by atoms with Crippen molar-refractivity contribution in [2.24, 2.45) is 5.73 Å². The van der Waals surface area contributed by atoms with Crippen molar-refractivity contribution in [3.8, 4) is 0 Å². The van der Waals surface area contributed by atoms with Gasteiger partial charge in [-0.25, -0.2) is 0 Å². The zero-order valence-corrected chi connectivity index (χ0v) is 8.03. The van der Waals surface area contributed by atoms with Crippen molar-refractivity contribution in [3.63, 3.8) is 0 Å². The Morgan fingerprint density at radius 2 is 2.50 bits per heavy atom. The number of aromatic nitrogens is 3. The molecule has 2 rings (SSSR count).